The summed E-state index contributed by atoms with van der Waals surface area (Å²) in [7, 11) is -3.45. The van der Waals surface area contributed by atoms with Gasteiger partial charge in [0, 0.05) is 38.3 Å². The number of imidazole rings is 1. The van der Waals surface area contributed by atoms with Gasteiger partial charge in [0.1, 0.15) is 11.2 Å². The number of benzene rings is 6. The fourth-order valence-electron chi connectivity index (χ4n) is 6.60. The molecule has 0 saturated heterocycles. The molecule has 0 spiro atoms. The Morgan fingerprint density at radius 3 is 2.09 bits per heavy atom. The maximum atomic E-state index is 16.0. The number of rotatable bonds is 3. The van der Waals surface area contributed by atoms with E-state index in [-0.39, 0.29) is 0 Å². The Bertz CT molecular complexity index is 2540. The molecule has 3 aromatic heterocycles. The third-order valence-corrected chi connectivity index (χ3v) is 11.7. The fraction of sp³-hybridized carbons (Fsp3) is 0. The zero-order chi connectivity index (χ0) is 28.5. The number of para-hydroxylation sites is 3. The minimum atomic E-state index is -3.45. The van der Waals surface area contributed by atoms with E-state index in [9.17, 15) is 0 Å². The normalized spacial score (nSPS) is 13.4. The molecule has 0 aliphatic carbocycles. The van der Waals surface area contributed by atoms with E-state index in [0.717, 1.165) is 65.3 Å². The summed E-state index contributed by atoms with van der Waals surface area (Å²) in [5.41, 5.74) is 4.49. The zero-order valence-electron chi connectivity index (χ0n) is 23.1. The topological polar surface area (TPSA) is 47.3 Å². The second-order valence-electron chi connectivity index (χ2n) is 11.0. The van der Waals surface area contributed by atoms with Crippen molar-refractivity contribution in [2.24, 2.45) is 0 Å². The van der Waals surface area contributed by atoms with Gasteiger partial charge in [0.15, 0.2) is 7.14 Å². The van der Waals surface area contributed by atoms with Crippen LogP contribution in [0.2, 0.25) is 0 Å². The minimum Gasteiger partial charge on any atom is -0.308 e. The first-order valence-electron chi connectivity index (χ1n) is 14.4. The molecule has 9 aromatic rings. The molecule has 5 heteroatoms. The van der Waals surface area contributed by atoms with Crippen molar-refractivity contribution in [3.63, 3.8) is 0 Å². The summed E-state index contributed by atoms with van der Waals surface area (Å²) in [5, 5.41) is 8.67. The summed E-state index contributed by atoms with van der Waals surface area (Å²) in [6.45, 7) is 0. The van der Waals surface area contributed by atoms with Crippen LogP contribution in [-0.4, -0.2) is 14.4 Å². The van der Waals surface area contributed by atoms with Crippen LogP contribution in [0.4, 0.5) is 0 Å². The van der Waals surface area contributed by atoms with Crippen LogP contribution in [0.1, 0.15) is 0 Å². The smallest absolute Gasteiger partial charge is 0.174 e. The van der Waals surface area contributed by atoms with Crippen molar-refractivity contribution in [3.8, 4) is 0 Å². The van der Waals surface area contributed by atoms with E-state index < -0.39 is 7.14 Å². The standard InChI is InChI=1S/C38H24N3OP/c42-43(28-21-20-25-10-1-2-11-26(25)22-28,29-23-27-12-3-7-16-33(27)39-24-29)36-19-9-18-35-37(36)40-38-32-15-5-4-13-30(32)31-14-6-8-17-34(31)41(35)38/h1-24H. The number of pyridine rings is 2. The average molecular weight is 570 g/mol. The molecule has 0 aliphatic rings. The Kier molecular flexibility index (Phi) is 5.14. The van der Waals surface area contributed by atoms with Gasteiger partial charge in [-0.25, -0.2) is 4.98 Å². The molecular weight excluding hydrogens is 545 g/mol. The van der Waals surface area contributed by atoms with Gasteiger partial charge in [-0.1, -0.05) is 103 Å². The van der Waals surface area contributed by atoms with E-state index in [2.05, 4.69) is 83.3 Å². The molecule has 0 bridgehead atoms. The summed E-state index contributed by atoms with van der Waals surface area (Å²) in [5.74, 6) is 0. The lowest BCUT2D eigenvalue weighted by Gasteiger charge is -2.21. The van der Waals surface area contributed by atoms with Gasteiger partial charge in [-0.2, -0.15) is 0 Å². The highest BCUT2D eigenvalue weighted by molar-refractivity contribution is 7.85. The maximum Gasteiger partial charge on any atom is 0.174 e. The third-order valence-electron chi connectivity index (χ3n) is 8.64. The molecule has 1 atom stereocenters. The first kappa shape index (κ1) is 24.3. The summed E-state index contributed by atoms with van der Waals surface area (Å²) in [6, 6.07) is 47.3. The third kappa shape index (κ3) is 3.48. The Labute approximate surface area is 247 Å². The highest BCUT2D eigenvalue weighted by atomic mass is 31.2. The quantitative estimate of drug-likeness (QED) is 0.159. The molecule has 0 radical (unpaired) electrons. The van der Waals surface area contributed by atoms with Crippen LogP contribution in [-0.2, 0) is 4.57 Å². The van der Waals surface area contributed by atoms with E-state index in [4.69, 9.17) is 9.97 Å². The fourth-order valence-corrected chi connectivity index (χ4v) is 9.36. The van der Waals surface area contributed by atoms with Crippen LogP contribution in [0.3, 0.4) is 0 Å². The Morgan fingerprint density at radius 2 is 1.21 bits per heavy atom. The van der Waals surface area contributed by atoms with Crippen molar-refractivity contribution in [2.45, 2.75) is 0 Å². The van der Waals surface area contributed by atoms with Crippen molar-refractivity contribution in [3.05, 3.63) is 146 Å². The van der Waals surface area contributed by atoms with Crippen LogP contribution < -0.4 is 15.9 Å². The van der Waals surface area contributed by atoms with Gasteiger partial charge in [0.2, 0.25) is 0 Å². The van der Waals surface area contributed by atoms with Gasteiger partial charge in [0.05, 0.1) is 16.6 Å². The van der Waals surface area contributed by atoms with Crippen molar-refractivity contribution < 1.29 is 4.57 Å². The molecule has 0 N–H and O–H groups in total. The number of fused-ring (bicyclic) bond motifs is 10. The van der Waals surface area contributed by atoms with Gasteiger partial charge in [0.25, 0.3) is 0 Å². The van der Waals surface area contributed by atoms with E-state index >= 15 is 4.57 Å². The molecule has 43 heavy (non-hydrogen) atoms. The minimum absolute atomic E-state index is 0.695. The van der Waals surface area contributed by atoms with Crippen LogP contribution in [0.15, 0.2) is 146 Å². The van der Waals surface area contributed by atoms with Gasteiger partial charge in [-0.3, -0.25) is 9.38 Å². The summed E-state index contributed by atoms with van der Waals surface area (Å²) in [6.07, 6.45) is 1.79. The highest BCUT2D eigenvalue weighted by Crippen LogP contribution is 2.45. The summed E-state index contributed by atoms with van der Waals surface area (Å²) in [4.78, 5) is 10.1. The largest absolute Gasteiger partial charge is 0.308 e. The van der Waals surface area contributed by atoms with Gasteiger partial charge in [-0.15, -0.1) is 0 Å². The molecule has 0 saturated carbocycles. The van der Waals surface area contributed by atoms with Gasteiger partial charge >= 0.3 is 0 Å². The Balaban J connectivity index is 1.43. The molecule has 4 nitrogen and oxygen atoms in total. The molecule has 202 valence electrons. The van der Waals surface area contributed by atoms with Crippen molar-refractivity contribution in [2.75, 3.05) is 0 Å². The molecule has 0 fully saturated rings. The Morgan fingerprint density at radius 1 is 0.535 bits per heavy atom. The lowest BCUT2D eigenvalue weighted by molar-refractivity contribution is 0.592. The molecule has 1 unspecified atom stereocenters. The molecule has 6 aromatic carbocycles. The van der Waals surface area contributed by atoms with E-state index in [0.29, 0.717) is 10.6 Å². The molecule has 9 rings (SSSR count). The van der Waals surface area contributed by atoms with Crippen LogP contribution in [0, 0.1) is 0 Å². The van der Waals surface area contributed by atoms with Crippen LogP contribution in [0.5, 0.6) is 0 Å². The number of nitrogens with zero attached hydrogens (tertiary/aromatic N) is 3. The number of hydrogen-bond acceptors (Lipinski definition) is 3. The summed E-state index contributed by atoms with van der Waals surface area (Å²) >= 11 is 0. The lowest BCUT2D eigenvalue weighted by atomic mass is 10.1. The first-order chi connectivity index (χ1) is 21.2. The second kappa shape index (κ2) is 9.09. The van der Waals surface area contributed by atoms with E-state index in [1.54, 1.807) is 6.20 Å². The monoisotopic (exact) mass is 569 g/mol. The SMILES string of the molecule is O=P(c1ccc2ccccc2c1)(c1cnc2ccccc2c1)c1cccc2c1nc1c3ccccc3c3ccccc3n21. The van der Waals surface area contributed by atoms with Crippen LogP contribution in [0.25, 0.3) is 60.0 Å². The second-order valence-corrected chi connectivity index (χ2v) is 13.7. The molecule has 0 amide bonds. The Hall–Kier alpha value is -5.31. The number of aromatic nitrogens is 3. The maximum absolute atomic E-state index is 16.0. The molecule has 3 heterocycles. The van der Waals surface area contributed by atoms with Crippen molar-refractivity contribution in [1.82, 2.24) is 14.4 Å². The zero-order valence-corrected chi connectivity index (χ0v) is 23.9. The van der Waals surface area contributed by atoms with Crippen molar-refractivity contribution >= 4 is 83.1 Å². The average Bonchev–Trinajstić information content (AvgIpc) is 3.48. The predicted octanol–water partition coefficient (Wildman–Crippen LogP) is 8.13. The summed E-state index contributed by atoms with van der Waals surface area (Å²) < 4.78 is 18.3. The predicted molar refractivity (Wildman–Crippen MR) is 180 cm³/mol. The van der Waals surface area contributed by atoms with Crippen molar-refractivity contribution in [1.29, 1.82) is 0 Å². The van der Waals surface area contributed by atoms with E-state index in [1.807, 2.05) is 60.7 Å². The molecular formula is C38H24N3OP. The van der Waals surface area contributed by atoms with Crippen LogP contribution >= 0.6 is 7.14 Å². The highest BCUT2D eigenvalue weighted by Gasteiger charge is 2.34. The lowest BCUT2D eigenvalue weighted by Crippen LogP contribution is -2.26. The molecule has 0 aliphatic heterocycles. The van der Waals surface area contributed by atoms with Gasteiger partial charge in [-0.05, 0) is 52.6 Å². The number of hydrogen-bond donors (Lipinski definition) is 0. The van der Waals surface area contributed by atoms with Gasteiger partial charge < -0.3 is 4.57 Å². The van der Waals surface area contributed by atoms with E-state index in [1.165, 1.54) is 0 Å². The first-order valence-corrected chi connectivity index (χ1v) is 16.1.